The Bertz CT molecular complexity index is 534. The Morgan fingerprint density at radius 3 is 3.00 bits per heavy atom. The number of rotatable bonds is 8. The van der Waals surface area contributed by atoms with E-state index in [9.17, 15) is 9.18 Å². The van der Waals surface area contributed by atoms with Crippen molar-refractivity contribution in [2.75, 3.05) is 27.4 Å². The number of carbonyl (C=O) groups excluding carboxylic acids is 1. The van der Waals surface area contributed by atoms with Gasteiger partial charge in [-0.25, -0.2) is 9.37 Å². The summed E-state index contributed by atoms with van der Waals surface area (Å²) in [7, 11) is 3.10. The van der Waals surface area contributed by atoms with E-state index in [-0.39, 0.29) is 24.3 Å². The van der Waals surface area contributed by atoms with Crippen LogP contribution in [0.1, 0.15) is 30.5 Å². The van der Waals surface area contributed by atoms with Crippen LogP contribution in [0.3, 0.4) is 0 Å². The molecule has 1 saturated heterocycles. The Kier molecular flexibility index (Phi) is 6.73. The van der Waals surface area contributed by atoms with Gasteiger partial charge in [-0.05, 0) is 38.3 Å². The highest BCUT2D eigenvalue weighted by Gasteiger charge is 2.22. The molecule has 1 amide bonds. The van der Waals surface area contributed by atoms with Crippen molar-refractivity contribution in [3.63, 3.8) is 0 Å². The monoisotopic (exact) mass is 325 g/mol. The van der Waals surface area contributed by atoms with Gasteiger partial charge in [0.2, 0.25) is 11.8 Å². The lowest BCUT2D eigenvalue weighted by atomic mass is 10.1. The van der Waals surface area contributed by atoms with Gasteiger partial charge in [0.25, 0.3) is 0 Å². The lowest BCUT2D eigenvalue weighted by Gasteiger charge is -2.14. The first-order valence-electron chi connectivity index (χ1n) is 7.88. The Morgan fingerprint density at radius 2 is 2.35 bits per heavy atom. The van der Waals surface area contributed by atoms with Gasteiger partial charge in [-0.1, -0.05) is 0 Å². The molecule has 23 heavy (non-hydrogen) atoms. The zero-order valence-corrected chi connectivity index (χ0v) is 13.7. The molecule has 1 unspecified atom stereocenters. The summed E-state index contributed by atoms with van der Waals surface area (Å²) in [5.74, 6) is -0.113. The Morgan fingerprint density at radius 1 is 1.52 bits per heavy atom. The lowest BCUT2D eigenvalue weighted by Crippen LogP contribution is -2.40. The van der Waals surface area contributed by atoms with Crippen molar-refractivity contribution in [1.82, 2.24) is 15.6 Å². The number of amides is 1. The fraction of sp³-hybridized carbons (Fsp3) is 0.625. The van der Waals surface area contributed by atoms with E-state index in [1.165, 1.54) is 13.2 Å². The molecule has 0 aliphatic carbocycles. The van der Waals surface area contributed by atoms with Gasteiger partial charge in [0.1, 0.15) is 5.82 Å². The molecule has 0 saturated carbocycles. The van der Waals surface area contributed by atoms with Gasteiger partial charge in [-0.2, -0.15) is 0 Å². The van der Waals surface area contributed by atoms with E-state index in [1.807, 2.05) is 0 Å². The SMILES string of the molecule is COCCCc1nc(OC)c(CNC(=O)C2CCCN2)cc1F. The largest absolute Gasteiger partial charge is 0.481 e. The van der Waals surface area contributed by atoms with Crippen molar-refractivity contribution in [1.29, 1.82) is 0 Å². The molecule has 2 N–H and O–H groups in total. The van der Waals surface area contributed by atoms with Gasteiger partial charge in [-0.15, -0.1) is 0 Å². The smallest absolute Gasteiger partial charge is 0.237 e. The molecule has 1 aromatic rings. The maximum Gasteiger partial charge on any atom is 0.237 e. The molecule has 0 aromatic carbocycles. The molecule has 1 aromatic heterocycles. The van der Waals surface area contributed by atoms with Crippen LogP contribution in [-0.4, -0.2) is 44.3 Å². The first-order valence-corrected chi connectivity index (χ1v) is 7.88. The number of pyridine rings is 1. The second-order valence-corrected chi connectivity index (χ2v) is 5.55. The highest BCUT2D eigenvalue weighted by Crippen LogP contribution is 2.20. The van der Waals surface area contributed by atoms with Crippen LogP contribution in [0.2, 0.25) is 0 Å². The molecular formula is C16H24FN3O3. The maximum absolute atomic E-state index is 14.1. The summed E-state index contributed by atoms with van der Waals surface area (Å²) in [6.07, 6.45) is 2.99. The number of nitrogens with one attached hydrogen (secondary N) is 2. The van der Waals surface area contributed by atoms with Crippen molar-refractivity contribution in [3.05, 3.63) is 23.1 Å². The summed E-state index contributed by atoms with van der Waals surface area (Å²) >= 11 is 0. The predicted octanol–water partition coefficient (Wildman–Crippen LogP) is 1.18. The second-order valence-electron chi connectivity index (χ2n) is 5.55. The number of aromatic nitrogens is 1. The summed E-state index contributed by atoms with van der Waals surface area (Å²) in [5.41, 5.74) is 0.887. The minimum absolute atomic E-state index is 0.0749. The zero-order valence-electron chi connectivity index (χ0n) is 13.7. The van der Waals surface area contributed by atoms with Gasteiger partial charge < -0.3 is 20.1 Å². The summed E-state index contributed by atoms with van der Waals surface area (Å²) in [6.45, 7) is 1.60. The maximum atomic E-state index is 14.1. The number of hydrogen-bond acceptors (Lipinski definition) is 5. The third-order valence-electron chi connectivity index (χ3n) is 3.87. The number of carbonyl (C=O) groups is 1. The van der Waals surface area contributed by atoms with Gasteiger partial charge in [0, 0.05) is 25.8 Å². The van der Waals surface area contributed by atoms with Crippen molar-refractivity contribution in [2.24, 2.45) is 0 Å². The number of aryl methyl sites for hydroxylation is 1. The van der Waals surface area contributed by atoms with Crippen molar-refractivity contribution >= 4 is 5.91 Å². The van der Waals surface area contributed by atoms with E-state index >= 15 is 0 Å². The number of halogens is 1. The molecule has 0 radical (unpaired) electrons. The van der Waals surface area contributed by atoms with E-state index < -0.39 is 0 Å². The minimum Gasteiger partial charge on any atom is -0.481 e. The molecule has 1 aliphatic rings. The fourth-order valence-electron chi connectivity index (χ4n) is 2.62. The van der Waals surface area contributed by atoms with Crippen molar-refractivity contribution in [3.8, 4) is 5.88 Å². The third-order valence-corrected chi connectivity index (χ3v) is 3.87. The fourth-order valence-corrected chi connectivity index (χ4v) is 2.62. The number of hydrogen-bond donors (Lipinski definition) is 2. The molecule has 1 aliphatic heterocycles. The Balaban J connectivity index is 2.00. The van der Waals surface area contributed by atoms with Crippen LogP contribution in [0.4, 0.5) is 4.39 Å². The molecule has 0 bridgehead atoms. The van der Waals surface area contributed by atoms with Gasteiger partial charge in [0.15, 0.2) is 0 Å². The van der Waals surface area contributed by atoms with Gasteiger partial charge in [-0.3, -0.25) is 4.79 Å². The van der Waals surface area contributed by atoms with Crippen LogP contribution < -0.4 is 15.4 Å². The summed E-state index contributed by atoms with van der Waals surface area (Å²) < 4.78 is 24.3. The van der Waals surface area contributed by atoms with Crippen LogP contribution in [0.25, 0.3) is 0 Å². The number of methoxy groups -OCH3 is 2. The van der Waals surface area contributed by atoms with Crippen LogP contribution in [0.15, 0.2) is 6.07 Å². The molecule has 1 atom stereocenters. The minimum atomic E-state index is -0.384. The normalized spacial score (nSPS) is 17.3. The van der Waals surface area contributed by atoms with Gasteiger partial charge >= 0.3 is 0 Å². The van der Waals surface area contributed by atoms with E-state index in [1.54, 1.807) is 7.11 Å². The summed E-state index contributed by atoms with van der Waals surface area (Å²) in [6, 6.07) is 1.23. The van der Waals surface area contributed by atoms with Crippen molar-refractivity contribution < 1.29 is 18.7 Å². The third kappa shape index (κ3) is 4.87. The van der Waals surface area contributed by atoms with Gasteiger partial charge in [0.05, 0.1) is 18.8 Å². The first-order chi connectivity index (χ1) is 11.2. The molecule has 6 nitrogen and oxygen atoms in total. The molecule has 128 valence electrons. The second kappa shape index (κ2) is 8.79. The first kappa shape index (κ1) is 17.6. The van der Waals surface area contributed by atoms with Crippen LogP contribution >= 0.6 is 0 Å². The predicted molar refractivity (Wildman–Crippen MR) is 83.8 cm³/mol. The van der Waals surface area contributed by atoms with E-state index in [0.29, 0.717) is 36.6 Å². The molecule has 1 fully saturated rings. The summed E-state index contributed by atoms with van der Waals surface area (Å²) in [4.78, 5) is 16.2. The summed E-state index contributed by atoms with van der Waals surface area (Å²) in [5, 5.41) is 5.93. The Hall–Kier alpha value is -1.73. The van der Waals surface area contributed by atoms with E-state index in [0.717, 1.165) is 19.4 Å². The quantitative estimate of drug-likeness (QED) is 0.702. The number of ether oxygens (including phenoxy) is 2. The van der Waals surface area contributed by atoms with Crippen LogP contribution in [0.5, 0.6) is 5.88 Å². The Labute approximate surface area is 135 Å². The van der Waals surface area contributed by atoms with Crippen LogP contribution in [-0.2, 0) is 22.5 Å². The average Bonchev–Trinajstić information content (AvgIpc) is 3.09. The standard InChI is InChI=1S/C16H24FN3O3/c1-22-8-4-6-13-12(17)9-11(16(20-13)23-2)10-19-15(21)14-5-3-7-18-14/h9,14,18H,3-8,10H2,1-2H3,(H,19,21). The average molecular weight is 325 g/mol. The molecule has 0 spiro atoms. The molecule has 2 rings (SSSR count). The van der Waals surface area contributed by atoms with Crippen LogP contribution in [0, 0.1) is 5.82 Å². The topological polar surface area (TPSA) is 72.5 Å². The van der Waals surface area contributed by atoms with E-state index in [4.69, 9.17) is 9.47 Å². The molecular weight excluding hydrogens is 301 g/mol. The molecule has 7 heteroatoms. The van der Waals surface area contributed by atoms with Crippen molar-refractivity contribution in [2.45, 2.75) is 38.3 Å². The lowest BCUT2D eigenvalue weighted by molar-refractivity contribution is -0.122. The molecule has 2 heterocycles. The highest BCUT2D eigenvalue weighted by molar-refractivity contribution is 5.82. The van der Waals surface area contributed by atoms with E-state index in [2.05, 4.69) is 15.6 Å². The highest BCUT2D eigenvalue weighted by atomic mass is 19.1. The zero-order chi connectivity index (χ0) is 16.7. The number of nitrogens with zero attached hydrogens (tertiary/aromatic N) is 1.